The SMILES string of the molecule is Brc1cc2c3ccc4ncccc4c3n(-c3ccc(-c4ccccc4)cn3)c2o1. The van der Waals surface area contributed by atoms with Gasteiger partial charge in [0.05, 0.1) is 11.0 Å². The normalized spacial score (nSPS) is 11.6. The van der Waals surface area contributed by atoms with E-state index in [4.69, 9.17) is 9.40 Å². The molecular formula is C24H14BrN3O. The molecule has 5 heteroatoms. The van der Waals surface area contributed by atoms with Gasteiger partial charge in [0.1, 0.15) is 5.82 Å². The number of nitrogens with zero attached hydrogens (tertiary/aromatic N) is 3. The quantitative estimate of drug-likeness (QED) is 0.299. The van der Waals surface area contributed by atoms with E-state index < -0.39 is 0 Å². The topological polar surface area (TPSA) is 43.9 Å². The van der Waals surface area contributed by atoms with Gasteiger partial charge in [0.2, 0.25) is 5.71 Å². The maximum absolute atomic E-state index is 6.02. The molecule has 0 saturated heterocycles. The Morgan fingerprint density at radius 3 is 2.48 bits per heavy atom. The summed E-state index contributed by atoms with van der Waals surface area (Å²) in [5.41, 5.74) is 4.99. The second kappa shape index (κ2) is 6.29. The molecule has 0 N–H and O–H groups in total. The Kier molecular flexibility index (Phi) is 3.58. The molecule has 4 nitrogen and oxygen atoms in total. The minimum Gasteiger partial charge on any atom is -0.432 e. The molecule has 6 aromatic rings. The van der Waals surface area contributed by atoms with Crippen molar-refractivity contribution in [3.8, 4) is 16.9 Å². The third-order valence-corrected chi connectivity index (χ3v) is 5.63. The Bertz CT molecular complexity index is 1500. The molecule has 0 atom stereocenters. The largest absolute Gasteiger partial charge is 0.432 e. The van der Waals surface area contributed by atoms with Crippen LogP contribution in [0.25, 0.3) is 49.9 Å². The van der Waals surface area contributed by atoms with E-state index in [9.17, 15) is 0 Å². The van der Waals surface area contributed by atoms with Gasteiger partial charge < -0.3 is 4.42 Å². The summed E-state index contributed by atoms with van der Waals surface area (Å²) in [6, 6.07) is 24.6. The van der Waals surface area contributed by atoms with Crippen LogP contribution in [-0.2, 0) is 0 Å². The van der Waals surface area contributed by atoms with Crippen LogP contribution in [-0.4, -0.2) is 14.5 Å². The lowest BCUT2D eigenvalue weighted by atomic mass is 10.1. The van der Waals surface area contributed by atoms with Crippen molar-refractivity contribution in [2.24, 2.45) is 0 Å². The van der Waals surface area contributed by atoms with Gasteiger partial charge in [-0.25, -0.2) is 4.98 Å². The van der Waals surface area contributed by atoms with Crippen LogP contribution in [0.4, 0.5) is 0 Å². The molecule has 0 spiro atoms. The second-order valence-corrected chi connectivity index (χ2v) is 7.69. The van der Waals surface area contributed by atoms with Gasteiger partial charge in [0, 0.05) is 40.2 Å². The van der Waals surface area contributed by atoms with E-state index in [1.54, 1.807) is 0 Å². The fourth-order valence-electron chi connectivity index (χ4n) is 3.95. The third kappa shape index (κ3) is 2.51. The molecule has 138 valence electrons. The van der Waals surface area contributed by atoms with Crippen LogP contribution in [0, 0.1) is 0 Å². The summed E-state index contributed by atoms with van der Waals surface area (Å²) in [6.07, 6.45) is 3.72. The summed E-state index contributed by atoms with van der Waals surface area (Å²) in [6.45, 7) is 0. The van der Waals surface area contributed by atoms with Crippen molar-refractivity contribution in [1.82, 2.24) is 14.5 Å². The number of fused-ring (bicyclic) bond motifs is 5. The zero-order valence-electron chi connectivity index (χ0n) is 15.2. The number of hydrogen-bond donors (Lipinski definition) is 0. The van der Waals surface area contributed by atoms with Gasteiger partial charge in [-0.3, -0.25) is 9.55 Å². The van der Waals surface area contributed by atoms with Gasteiger partial charge in [-0.15, -0.1) is 0 Å². The van der Waals surface area contributed by atoms with Crippen LogP contribution in [0.1, 0.15) is 0 Å². The van der Waals surface area contributed by atoms with Crippen LogP contribution in [0.2, 0.25) is 0 Å². The van der Waals surface area contributed by atoms with Crippen LogP contribution >= 0.6 is 15.9 Å². The fourth-order valence-corrected chi connectivity index (χ4v) is 4.33. The molecule has 0 radical (unpaired) electrons. The van der Waals surface area contributed by atoms with Crippen LogP contribution in [0.15, 0.2) is 94.3 Å². The first-order valence-electron chi connectivity index (χ1n) is 9.29. The molecular weight excluding hydrogens is 426 g/mol. The van der Waals surface area contributed by atoms with Gasteiger partial charge in [-0.1, -0.05) is 30.3 Å². The lowest BCUT2D eigenvalue weighted by Crippen LogP contribution is -1.97. The van der Waals surface area contributed by atoms with Crippen molar-refractivity contribution in [2.45, 2.75) is 0 Å². The fraction of sp³-hybridized carbons (Fsp3) is 0. The number of furan rings is 1. The summed E-state index contributed by atoms with van der Waals surface area (Å²) in [5.74, 6) is 0.808. The summed E-state index contributed by atoms with van der Waals surface area (Å²) in [7, 11) is 0. The van der Waals surface area contributed by atoms with Crippen molar-refractivity contribution < 1.29 is 4.42 Å². The average molecular weight is 440 g/mol. The molecule has 0 fully saturated rings. The Morgan fingerprint density at radius 1 is 0.759 bits per heavy atom. The van der Waals surface area contributed by atoms with E-state index in [2.05, 4.69) is 55.8 Å². The number of benzene rings is 2. The first-order valence-corrected chi connectivity index (χ1v) is 10.1. The monoisotopic (exact) mass is 439 g/mol. The Hall–Kier alpha value is -3.44. The van der Waals surface area contributed by atoms with Gasteiger partial charge >= 0.3 is 0 Å². The Labute approximate surface area is 174 Å². The van der Waals surface area contributed by atoms with Crippen molar-refractivity contribution in [3.63, 3.8) is 0 Å². The van der Waals surface area contributed by atoms with Gasteiger partial charge in [-0.05, 0) is 57.9 Å². The van der Waals surface area contributed by atoms with Gasteiger partial charge in [0.25, 0.3) is 0 Å². The molecule has 0 aliphatic carbocycles. The molecule has 0 bridgehead atoms. The maximum Gasteiger partial charge on any atom is 0.215 e. The molecule has 6 rings (SSSR count). The highest BCUT2D eigenvalue weighted by Crippen LogP contribution is 2.38. The summed E-state index contributed by atoms with van der Waals surface area (Å²) >= 11 is 3.48. The minimum absolute atomic E-state index is 0.699. The maximum atomic E-state index is 6.02. The molecule has 0 unspecified atom stereocenters. The van der Waals surface area contributed by atoms with Crippen molar-refractivity contribution in [1.29, 1.82) is 0 Å². The summed E-state index contributed by atoms with van der Waals surface area (Å²) in [4.78, 5) is 9.30. The molecule has 0 amide bonds. The molecule has 29 heavy (non-hydrogen) atoms. The van der Waals surface area contributed by atoms with Crippen molar-refractivity contribution >= 4 is 48.8 Å². The molecule has 0 aliphatic heterocycles. The smallest absolute Gasteiger partial charge is 0.215 e. The van der Waals surface area contributed by atoms with Gasteiger partial charge in [0.15, 0.2) is 4.67 Å². The van der Waals surface area contributed by atoms with E-state index in [1.165, 1.54) is 0 Å². The number of aromatic nitrogens is 3. The highest BCUT2D eigenvalue weighted by Gasteiger charge is 2.19. The number of rotatable bonds is 2. The molecule has 4 aromatic heterocycles. The molecule has 4 heterocycles. The number of halogens is 1. The number of pyridine rings is 2. The van der Waals surface area contributed by atoms with E-state index in [-0.39, 0.29) is 0 Å². The Balaban J connectivity index is 1.66. The van der Waals surface area contributed by atoms with Crippen LogP contribution in [0.5, 0.6) is 0 Å². The Morgan fingerprint density at radius 2 is 1.66 bits per heavy atom. The van der Waals surface area contributed by atoms with E-state index in [1.807, 2.05) is 54.9 Å². The van der Waals surface area contributed by atoms with Crippen LogP contribution < -0.4 is 0 Å². The summed E-state index contributed by atoms with van der Waals surface area (Å²) < 4.78 is 8.80. The zero-order chi connectivity index (χ0) is 19.4. The molecule has 0 aliphatic rings. The third-order valence-electron chi connectivity index (χ3n) is 5.24. The highest BCUT2D eigenvalue weighted by atomic mass is 79.9. The van der Waals surface area contributed by atoms with E-state index in [0.29, 0.717) is 4.67 Å². The molecule has 2 aromatic carbocycles. The van der Waals surface area contributed by atoms with E-state index in [0.717, 1.165) is 49.9 Å². The lowest BCUT2D eigenvalue weighted by molar-refractivity contribution is 0.568. The van der Waals surface area contributed by atoms with Crippen molar-refractivity contribution in [2.75, 3.05) is 0 Å². The van der Waals surface area contributed by atoms with E-state index >= 15 is 0 Å². The summed E-state index contributed by atoms with van der Waals surface area (Å²) in [5, 5.41) is 3.23. The average Bonchev–Trinajstić information content (AvgIpc) is 3.29. The number of hydrogen-bond acceptors (Lipinski definition) is 3. The highest BCUT2D eigenvalue weighted by molar-refractivity contribution is 9.10. The first-order chi connectivity index (χ1) is 14.3. The van der Waals surface area contributed by atoms with Crippen molar-refractivity contribution in [3.05, 3.63) is 89.9 Å². The van der Waals surface area contributed by atoms with Crippen LogP contribution in [0.3, 0.4) is 0 Å². The molecule has 0 saturated carbocycles. The first kappa shape index (κ1) is 16.5. The van der Waals surface area contributed by atoms with Gasteiger partial charge in [-0.2, -0.15) is 0 Å². The standard InChI is InChI=1S/C24H14BrN3O/c25-21-13-19-17-9-10-20-18(7-4-12-26-20)23(17)28(24(19)29-21)22-11-8-16(14-27-22)15-5-2-1-3-6-15/h1-14H. The minimum atomic E-state index is 0.699. The predicted octanol–water partition coefficient (Wildman–Crippen LogP) is 6.75. The predicted molar refractivity (Wildman–Crippen MR) is 119 cm³/mol. The lowest BCUT2D eigenvalue weighted by Gasteiger charge is -2.08. The second-order valence-electron chi connectivity index (χ2n) is 6.91. The zero-order valence-corrected chi connectivity index (χ0v) is 16.8.